The number of nitrogens with one attached hydrogen (secondary N) is 1. The van der Waals surface area contributed by atoms with Crippen molar-refractivity contribution < 1.29 is 14.1 Å². The van der Waals surface area contributed by atoms with Crippen LogP contribution in [0, 0.1) is 0 Å². The first-order valence-electron chi connectivity index (χ1n) is 3.08. The Balaban J connectivity index is -0.000000213. The first kappa shape index (κ1) is 17.2. The van der Waals surface area contributed by atoms with E-state index in [0.29, 0.717) is 0 Å². The van der Waals surface area contributed by atoms with Crippen molar-refractivity contribution in [1.29, 1.82) is 0 Å². The maximum Gasteiger partial charge on any atom is 0.0139 e. The number of rotatable bonds is 1. The van der Waals surface area contributed by atoms with Gasteiger partial charge in [0.2, 0.25) is 0 Å². The summed E-state index contributed by atoms with van der Waals surface area (Å²) in [5.41, 5.74) is 0. The van der Waals surface area contributed by atoms with Gasteiger partial charge in [0, 0.05) is 13.1 Å². The van der Waals surface area contributed by atoms with Crippen LogP contribution < -0.4 is 4.83 Å². The summed E-state index contributed by atoms with van der Waals surface area (Å²) in [6, 6.07) is 0. The number of hydrazine groups is 1. The van der Waals surface area contributed by atoms with Crippen molar-refractivity contribution in [2.24, 2.45) is 0 Å². The molecule has 1 N–H and O–H groups in total. The second-order valence-corrected chi connectivity index (χ2v) is 2.35. The molecule has 1 rings (SSSR count). The SMILES string of the molecule is F.F.F.SNN1CCCCC1. The highest BCUT2D eigenvalue weighted by molar-refractivity contribution is 7.78. The predicted octanol–water partition coefficient (Wildman–Crippen LogP) is 1.28. The molecule has 0 aliphatic carbocycles. The van der Waals surface area contributed by atoms with E-state index in [0.717, 1.165) is 13.1 Å². The van der Waals surface area contributed by atoms with E-state index in [4.69, 9.17) is 0 Å². The van der Waals surface area contributed by atoms with Crippen molar-refractivity contribution >= 4 is 12.8 Å². The van der Waals surface area contributed by atoms with Crippen molar-refractivity contribution in [3.8, 4) is 0 Å². The van der Waals surface area contributed by atoms with Gasteiger partial charge in [0.05, 0.1) is 0 Å². The summed E-state index contributed by atoms with van der Waals surface area (Å²) in [6.07, 6.45) is 4.01. The second kappa shape index (κ2) is 10.1. The van der Waals surface area contributed by atoms with Crippen molar-refractivity contribution in [1.82, 2.24) is 9.84 Å². The first-order valence-corrected chi connectivity index (χ1v) is 3.53. The van der Waals surface area contributed by atoms with Gasteiger partial charge in [0.25, 0.3) is 0 Å². The molecule has 0 aromatic carbocycles. The minimum atomic E-state index is 0. The van der Waals surface area contributed by atoms with Crippen molar-refractivity contribution in [2.45, 2.75) is 19.3 Å². The smallest absolute Gasteiger partial charge is 0.0139 e. The topological polar surface area (TPSA) is 15.3 Å². The van der Waals surface area contributed by atoms with Gasteiger partial charge in [-0.15, -0.1) is 0 Å². The summed E-state index contributed by atoms with van der Waals surface area (Å²) in [5, 5.41) is 2.13. The molecule has 1 fully saturated rings. The summed E-state index contributed by atoms with van der Waals surface area (Å²) in [6.45, 7) is 2.31. The van der Waals surface area contributed by atoms with Gasteiger partial charge in [-0.05, 0) is 12.8 Å². The van der Waals surface area contributed by atoms with Crippen LogP contribution in [0.1, 0.15) is 19.3 Å². The standard InChI is InChI=1S/C5H12N2S.3FH/c8-6-7-4-2-1-3-5-7;;;/h6,8H,1-5H2;3*1H. The Morgan fingerprint density at radius 2 is 1.36 bits per heavy atom. The lowest BCUT2D eigenvalue weighted by molar-refractivity contribution is 0.209. The van der Waals surface area contributed by atoms with E-state index in [9.17, 15) is 0 Å². The van der Waals surface area contributed by atoms with Gasteiger partial charge in [-0.25, -0.2) is 9.84 Å². The maximum absolute atomic E-state index is 3.94. The number of hydrogen-bond donors (Lipinski definition) is 2. The Bertz CT molecular complexity index is 70.7. The maximum atomic E-state index is 3.94. The zero-order valence-electron chi connectivity index (χ0n) is 6.15. The van der Waals surface area contributed by atoms with E-state index >= 15 is 0 Å². The fourth-order valence-corrected chi connectivity index (χ4v) is 1.19. The van der Waals surface area contributed by atoms with Crippen LogP contribution in [0.5, 0.6) is 0 Å². The first-order chi connectivity index (χ1) is 3.93. The average Bonchev–Trinajstić information content (AvgIpc) is 1.90. The van der Waals surface area contributed by atoms with Crippen LogP contribution in [0.25, 0.3) is 0 Å². The molecule has 0 saturated carbocycles. The van der Waals surface area contributed by atoms with Gasteiger partial charge < -0.3 is 0 Å². The normalized spacial score (nSPS) is 17.2. The van der Waals surface area contributed by atoms with Crippen molar-refractivity contribution in [2.75, 3.05) is 13.1 Å². The third-order valence-electron chi connectivity index (χ3n) is 1.50. The highest BCUT2D eigenvalue weighted by atomic mass is 32.1. The molecule has 0 amide bonds. The number of halogens is 3. The molecule has 11 heavy (non-hydrogen) atoms. The fourth-order valence-electron chi connectivity index (χ4n) is 0.994. The van der Waals surface area contributed by atoms with Crippen LogP contribution in [0.2, 0.25) is 0 Å². The Morgan fingerprint density at radius 1 is 0.909 bits per heavy atom. The van der Waals surface area contributed by atoms with E-state index in [2.05, 4.69) is 22.7 Å². The zero-order valence-corrected chi connectivity index (χ0v) is 7.05. The Hall–Kier alpha value is 0.0600. The van der Waals surface area contributed by atoms with E-state index in [1.165, 1.54) is 19.3 Å². The summed E-state index contributed by atoms with van der Waals surface area (Å²) in [4.78, 5) is 2.83. The molecule has 1 aliphatic rings. The molecule has 1 aliphatic heterocycles. The molecule has 6 heteroatoms. The molecule has 0 bridgehead atoms. The summed E-state index contributed by atoms with van der Waals surface area (Å²) in [5.74, 6) is 0. The van der Waals surface area contributed by atoms with Crippen LogP contribution in [0.3, 0.4) is 0 Å². The van der Waals surface area contributed by atoms with Crippen LogP contribution in [0.15, 0.2) is 0 Å². The lowest BCUT2D eigenvalue weighted by Crippen LogP contribution is -2.36. The largest absolute Gasteiger partial charge is 0.269 e. The molecule has 0 aromatic heterocycles. The summed E-state index contributed by atoms with van der Waals surface area (Å²) < 4.78 is 0. The van der Waals surface area contributed by atoms with Crippen LogP contribution in [0.4, 0.5) is 14.1 Å². The number of thiol groups is 1. The second-order valence-electron chi connectivity index (χ2n) is 2.15. The Labute approximate surface area is 69.9 Å². The number of hydrogen-bond acceptors (Lipinski definition) is 3. The summed E-state index contributed by atoms with van der Waals surface area (Å²) >= 11 is 3.94. The van der Waals surface area contributed by atoms with Gasteiger partial charge in [-0.1, -0.05) is 19.2 Å². The lowest BCUT2D eigenvalue weighted by atomic mass is 10.2. The molecule has 0 spiro atoms. The molecule has 1 heterocycles. The predicted molar refractivity (Wildman–Crippen MR) is 45.1 cm³/mol. The highest BCUT2D eigenvalue weighted by Gasteiger charge is 2.06. The molecular formula is C5H15F3N2S. The average molecular weight is 192 g/mol. The lowest BCUT2D eigenvalue weighted by Gasteiger charge is -2.23. The summed E-state index contributed by atoms with van der Waals surface area (Å²) in [7, 11) is 0. The molecule has 1 saturated heterocycles. The van der Waals surface area contributed by atoms with Crippen LogP contribution in [-0.2, 0) is 0 Å². The number of piperidine rings is 1. The number of nitrogens with zero attached hydrogens (tertiary/aromatic N) is 1. The molecule has 0 unspecified atom stereocenters. The fraction of sp³-hybridized carbons (Fsp3) is 1.00. The van der Waals surface area contributed by atoms with Gasteiger partial charge in [0.1, 0.15) is 0 Å². The monoisotopic (exact) mass is 192 g/mol. The van der Waals surface area contributed by atoms with E-state index in [1.807, 2.05) is 0 Å². The minimum Gasteiger partial charge on any atom is -0.269 e. The Kier molecular flexibility index (Phi) is 15.8. The molecule has 2 nitrogen and oxygen atoms in total. The third-order valence-corrected chi connectivity index (χ3v) is 1.78. The molecule has 72 valence electrons. The highest BCUT2D eigenvalue weighted by Crippen LogP contribution is 2.05. The van der Waals surface area contributed by atoms with Crippen molar-refractivity contribution in [3.05, 3.63) is 0 Å². The Morgan fingerprint density at radius 3 is 1.64 bits per heavy atom. The molecular weight excluding hydrogens is 177 g/mol. The van der Waals surface area contributed by atoms with E-state index in [-0.39, 0.29) is 14.1 Å². The zero-order chi connectivity index (χ0) is 5.82. The van der Waals surface area contributed by atoms with Gasteiger partial charge in [-0.3, -0.25) is 14.1 Å². The van der Waals surface area contributed by atoms with E-state index < -0.39 is 0 Å². The van der Waals surface area contributed by atoms with Gasteiger partial charge in [-0.2, -0.15) is 0 Å². The van der Waals surface area contributed by atoms with E-state index in [1.54, 1.807) is 0 Å². The van der Waals surface area contributed by atoms with Crippen LogP contribution >= 0.6 is 12.8 Å². The van der Waals surface area contributed by atoms with Crippen LogP contribution in [-0.4, -0.2) is 18.1 Å². The molecule has 0 aromatic rings. The van der Waals surface area contributed by atoms with Crippen molar-refractivity contribution in [3.63, 3.8) is 0 Å². The molecule has 0 atom stereocenters. The quantitative estimate of drug-likeness (QED) is 0.608. The molecule has 0 radical (unpaired) electrons. The van der Waals surface area contributed by atoms with Gasteiger partial charge >= 0.3 is 0 Å². The van der Waals surface area contributed by atoms with Gasteiger partial charge in [0.15, 0.2) is 0 Å². The minimum absolute atomic E-state index is 0. The third kappa shape index (κ3) is 6.46.